The van der Waals surface area contributed by atoms with Crippen LogP contribution in [0.3, 0.4) is 0 Å². The van der Waals surface area contributed by atoms with Crippen molar-refractivity contribution in [1.29, 1.82) is 0 Å². The summed E-state index contributed by atoms with van der Waals surface area (Å²) < 4.78 is 5.45. The van der Waals surface area contributed by atoms with Crippen molar-refractivity contribution < 1.29 is 9.53 Å². The van der Waals surface area contributed by atoms with Crippen LogP contribution >= 0.6 is 0 Å². The minimum Gasteiger partial charge on any atom is -0.399 e. The molecule has 0 saturated carbocycles. The molecule has 1 aromatic carbocycles. The smallest absolute Gasteiger partial charge is 0.223 e. The molecule has 2 atom stereocenters. The standard InChI is InChI=1S/C14H20N2O2/c1-10(11-4-2-5-12(15)8-11)16-14(17)9-13-6-3-7-18-13/h2,4-5,8,10,13H,3,6-7,9,15H2,1H3,(H,16,17). The van der Waals surface area contributed by atoms with Crippen molar-refractivity contribution in [2.45, 2.75) is 38.3 Å². The molecule has 1 fully saturated rings. The molecule has 4 nitrogen and oxygen atoms in total. The Hall–Kier alpha value is -1.55. The molecule has 1 heterocycles. The monoisotopic (exact) mass is 248 g/mol. The third-order valence-electron chi connectivity index (χ3n) is 3.23. The molecule has 2 rings (SSSR count). The minimum absolute atomic E-state index is 0.0256. The second-order valence-corrected chi connectivity index (χ2v) is 4.80. The summed E-state index contributed by atoms with van der Waals surface area (Å²) in [5.41, 5.74) is 7.47. The van der Waals surface area contributed by atoms with Gasteiger partial charge in [0, 0.05) is 12.3 Å². The number of carbonyl (C=O) groups excluding carboxylic acids is 1. The molecule has 1 aromatic rings. The maximum Gasteiger partial charge on any atom is 0.223 e. The van der Waals surface area contributed by atoms with Gasteiger partial charge in [-0.3, -0.25) is 4.79 Å². The molecule has 2 unspecified atom stereocenters. The van der Waals surface area contributed by atoms with E-state index < -0.39 is 0 Å². The number of rotatable bonds is 4. The maximum absolute atomic E-state index is 11.8. The van der Waals surface area contributed by atoms with Gasteiger partial charge in [0.25, 0.3) is 0 Å². The lowest BCUT2D eigenvalue weighted by atomic mass is 10.1. The van der Waals surface area contributed by atoms with Crippen LogP contribution in [0.2, 0.25) is 0 Å². The number of ether oxygens (including phenoxy) is 1. The van der Waals surface area contributed by atoms with Gasteiger partial charge < -0.3 is 15.8 Å². The Labute approximate surface area is 108 Å². The molecular formula is C14H20N2O2. The molecule has 3 N–H and O–H groups in total. The molecule has 98 valence electrons. The van der Waals surface area contributed by atoms with E-state index in [9.17, 15) is 4.79 Å². The number of hydrogen-bond acceptors (Lipinski definition) is 3. The summed E-state index contributed by atoms with van der Waals surface area (Å²) in [6.45, 7) is 2.74. The van der Waals surface area contributed by atoms with Crippen molar-refractivity contribution >= 4 is 11.6 Å². The van der Waals surface area contributed by atoms with Crippen LogP contribution in [0.15, 0.2) is 24.3 Å². The Kier molecular flexibility index (Phi) is 4.20. The summed E-state index contributed by atoms with van der Waals surface area (Å²) in [6.07, 6.45) is 2.59. The number of benzene rings is 1. The molecule has 1 saturated heterocycles. The minimum atomic E-state index is -0.0256. The van der Waals surface area contributed by atoms with E-state index in [1.807, 2.05) is 31.2 Å². The fourth-order valence-corrected chi connectivity index (χ4v) is 2.22. The first-order valence-electron chi connectivity index (χ1n) is 6.41. The molecule has 0 aromatic heterocycles. The lowest BCUT2D eigenvalue weighted by Crippen LogP contribution is -2.29. The number of anilines is 1. The number of carbonyl (C=O) groups is 1. The normalized spacial score (nSPS) is 20.6. The van der Waals surface area contributed by atoms with E-state index in [4.69, 9.17) is 10.5 Å². The van der Waals surface area contributed by atoms with Crippen LogP contribution in [0.25, 0.3) is 0 Å². The Morgan fingerprint density at radius 1 is 1.61 bits per heavy atom. The quantitative estimate of drug-likeness (QED) is 0.801. The van der Waals surface area contributed by atoms with Gasteiger partial charge in [0.15, 0.2) is 0 Å². The first-order chi connectivity index (χ1) is 8.65. The average molecular weight is 248 g/mol. The fourth-order valence-electron chi connectivity index (χ4n) is 2.22. The third kappa shape index (κ3) is 3.47. The second kappa shape index (κ2) is 5.87. The van der Waals surface area contributed by atoms with Crippen molar-refractivity contribution in [3.05, 3.63) is 29.8 Å². The third-order valence-corrected chi connectivity index (χ3v) is 3.23. The SMILES string of the molecule is CC(NC(=O)CC1CCCO1)c1cccc(N)c1. The van der Waals surface area contributed by atoms with Crippen LogP contribution in [0, 0.1) is 0 Å². The molecular weight excluding hydrogens is 228 g/mol. The van der Waals surface area contributed by atoms with E-state index in [1.54, 1.807) is 0 Å². The number of nitrogen functional groups attached to an aromatic ring is 1. The van der Waals surface area contributed by atoms with E-state index >= 15 is 0 Å². The molecule has 0 spiro atoms. The zero-order valence-electron chi connectivity index (χ0n) is 10.7. The maximum atomic E-state index is 11.8. The van der Waals surface area contributed by atoms with Crippen LogP contribution in [0.4, 0.5) is 5.69 Å². The summed E-state index contributed by atoms with van der Waals surface area (Å²) in [5, 5.41) is 2.98. The lowest BCUT2D eigenvalue weighted by molar-refractivity contribution is -0.123. The molecule has 18 heavy (non-hydrogen) atoms. The van der Waals surface area contributed by atoms with Crippen LogP contribution in [-0.2, 0) is 9.53 Å². The number of nitrogens with two attached hydrogens (primary N) is 1. The summed E-state index contributed by atoms with van der Waals surface area (Å²) in [6, 6.07) is 7.56. The lowest BCUT2D eigenvalue weighted by Gasteiger charge is -2.16. The van der Waals surface area contributed by atoms with Gasteiger partial charge in [-0.2, -0.15) is 0 Å². The van der Waals surface area contributed by atoms with Crippen LogP contribution in [0.1, 0.15) is 37.8 Å². The molecule has 1 aliphatic heterocycles. The summed E-state index contributed by atoms with van der Waals surface area (Å²) in [7, 11) is 0. The van der Waals surface area contributed by atoms with Gasteiger partial charge in [0.2, 0.25) is 5.91 Å². The number of nitrogens with one attached hydrogen (secondary N) is 1. The van der Waals surface area contributed by atoms with E-state index in [2.05, 4.69) is 5.32 Å². The predicted octanol–water partition coefficient (Wildman–Crippen LogP) is 2.02. The summed E-state index contributed by atoms with van der Waals surface area (Å²) >= 11 is 0. The number of amides is 1. The highest BCUT2D eigenvalue weighted by Gasteiger charge is 2.20. The van der Waals surface area contributed by atoms with Gasteiger partial charge in [-0.25, -0.2) is 0 Å². The Morgan fingerprint density at radius 2 is 2.44 bits per heavy atom. The molecule has 1 aliphatic rings. The highest BCUT2D eigenvalue weighted by molar-refractivity contribution is 5.77. The highest BCUT2D eigenvalue weighted by Crippen LogP contribution is 2.18. The van der Waals surface area contributed by atoms with Crippen LogP contribution in [-0.4, -0.2) is 18.6 Å². The Bertz CT molecular complexity index is 414. The van der Waals surface area contributed by atoms with Crippen molar-refractivity contribution in [2.24, 2.45) is 0 Å². The van der Waals surface area contributed by atoms with Crippen LogP contribution in [0.5, 0.6) is 0 Å². The molecule has 1 amide bonds. The van der Waals surface area contributed by atoms with Crippen molar-refractivity contribution in [3.8, 4) is 0 Å². The van der Waals surface area contributed by atoms with Gasteiger partial charge in [-0.1, -0.05) is 12.1 Å². The van der Waals surface area contributed by atoms with Gasteiger partial charge in [0.05, 0.1) is 18.6 Å². The molecule has 4 heteroatoms. The van der Waals surface area contributed by atoms with E-state index in [0.29, 0.717) is 12.1 Å². The first kappa shape index (κ1) is 12.9. The van der Waals surface area contributed by atoms with Gasteiger partial charge in [-0.05, 0) is 37.5 Å². The van der Waals surface area contributed by atoms with Crippen molar-refractivity contribution in [3.63, 3.8) is 0 Å². The average Bonchev–Trinajstić information content (AvgIpc) is 2.81. The van der Waals surface area contributed by atoms with Gasteiger partial charge >= 0.3 is 0 Å². The summed E-state index contributed by atoms with van der Waals surface area (Å²) in [4.78, 5) is 11.8. The van der Waals surface area contributed by atoms with Crippen LogP contribution < -0.4 is 11.1 Å². The van der Waals surface area contributed by atoms with Gasteiger partial charge in [0.1, 0.15) is 0 Å². The Balaban J connectivity index is 1.86. The van der Waals surface area contributed by atoms with E-state index in [-0.39, 0.29) is 18.1 Å². The summed E-state index contributed by atoms with van der Waals surface area (Å²) in [5.74, 6) is 0.0387. The van der Waals surface area contributed by atoms with Gasteiger partial charge in [-0.15, -0.1) is 0 Å². The first-order valence-corrected chi connectivity index (χ1v) is 6.41. The molecule has 0 radical (unpaired) electrons. The molecule has 0 aliphatic carbocycles. The largest absolute Gasteiger partial charge is 0.399 e. The zero-order valence-corrected chi connectivity index (χ0v) is 10.7. The van der Waals surface area contributed by atoms with Crippen molar-refractivity contribution in [2.75, 3.05) is 12.3 Å². The Morgan fingerprint density at radius 3 is 3.11 bits per heavy atom. The second-order valence-electron chi connectivity index (χ2n) is 4.80. The zero-order chi connectivity index (χ0) is 13.0. The highest BCUT2D eigenvalue weighted by atomic mass is 16.5. The van der Waals surface area contributed by atoms with Crippen molar-refractivity contribution in [1.82, 2.24) is 5.32 Å². The topological polar surface area (TPSA) is 64.3 Å². The molecule has 0 bridgehead atoms. The number of hydrogen-bond donors (Lipinski definition) is 2. The fraction of sp³-hybridized carbons (Fsp3) is 0.500. The van der Waals surface area contributed by atoms with E-state index in [0.717, 1.165) is 25.0 Å². The predicted molar refractivity (Wildman–Crippen MR) is 71.0 cm³/mol. The van der Waals surface area contributed by atoms with E-state index in [1.165, 1.54) is 0 Å².